The highest BCUT2D eigenvalue weighted by atomic mass is 16.5. The van der Waals surface area contributed by atoms with Crippen molar-refractivity contribution in [2.45, 2.75) is 13.0 Å². The maximum Gasteiger partial charge on any atom is 0.130 e. The van der Waals surface area contributed by atoms with E-state index in [0.29, 0.717) is 6.61 Å². The Morgan fingerprint density at radius 3 is 2.61 bits per heavy atom. The lowest BCUT2D eigenvalue weighted by Gasteiger charge is -2.09. The van der Waals surface area contributed by atoms with Gasteiger partial charge in [-0.05, 0) is 53.1 Å². The second-order valence-corrected chi connectivity index (χ2v) is 5.65. The number of pyridine rings is 1. The van der Waals surface area contributed by atoms with E-state index in [1.54, 1.807) is 7.11 Å². The van der Waals surface area contributed by atoms with E-state index < -0.39 is 0 Å². The van der Waals surface area contributed by atoms with Crippen molar-refractivity contribution >= 4 is 16.6 Å². The van der Waals surface area contributed by atoms with Crippen molar-refractivity contribution in [1.82, 2.24) is 4.98 Å². The number of aromatic nitrogens is 1. The summed E-state index contributed by atoms with van der Waals surface area (Å²) in [6, 6.07) is 16.3. The van der Waals surface area contributed by atoms with Crippen LogP contribution in [0.15, 0.2) is 48.5 Å². The lowest BCUT2D eigenvalue weighted by Crippen LogP contribution is -2.00. The normalized spacial score (nSPS) is 12.7. The molecule has 4 nitrogen and oxygen atoms in total. The van der Waals surface area contributed by atoms with Gasteiger partial charge in [-0.15, -0.1) is 0 Å². The first kappa shape index (κ1) is 13.9. The Balaban J connectivity index is 1.51. The predicted molar refractivity (Wildman–Crippen MR) is 91.3 cm³/mol. The number of hydrogen-bond donors (Lipinski definition) is 1. The van der Waals surface area contributed by atoms with E-state index in [2.05, 4.69) is 16.4 Å². The molecule has 3 aromatic rings. The minimum Gasteiger partial charge on any atom is -0.497 e. The highest BCUT2D eigenvalue weighted by Gasteiger charge is 2.11. The number of anilines is 1. The van der Waals surface area contributed by atoms with E-state index >= 15 is 0 Å². The topological polar surface area (TPSA) is 43.4 Å². The Morgan fingerprint density at radius 1 is 1.00 bits per heavy atom. The van der Waals surface area contributed by atoms with E-state index in [4.69, 9.17) is 9.47 Å². The molecule has 0 saturated carbocycles. The van der Waals surface area contributed by atoms with E-state index in [1.807, 2.05) is 42.5 Å². The molecule has 0 bridgehead atoms. The van der Waals surface area contributed by atoms with E-state index in [0.717, 1.165) is 46.7 Å². The summed E-state index contributed by atoms with van der Waals surface area (Å²) in [6.45, 7) is 1.44. The first-order chi connectivity index (χ1) is 11.3. The van der Waals surface area contributed by atoms with Gasteiger partial charge in [-0.3, -0.25) is 0 Å². The van der Waals surface area contributed by atoms with Crippen LogP contribution in [-0.4, -0.2) is 18.6 Å². The van der Waals surface area contributed by atoms with Crippen LogP contribution in [0.25, 0.3) is 10.8 Å². The Labute approximate surface area is 135 Å². The zero-order valence-corrected chi connectivity index (χ0v) is 13.0. The molecule has 1 N–H and O–H groups in total. The van der Waals surface area contributed by atoms with Crippen LogP contribution < -0.4 is 14.8 Å². The summed E-state index contributed by atoms with van der Waals surface area (Å²) in [5.41, 5.74) is 2.22. The molecule has 4 rings (SSSR count). The summed E-state index contributed by atoms with van der Waals surface area (Å²) in [7, 11) is 1.68. The van der Waals surface area contributed by atoms with Gasteiger partial charge >= 0.3 is 0 Å². The lowest BCUT2D eigenvalue weighted by atomic mass is 10.1. The molecule has 4 heteroatoms. The quantitative estimate of drug-likeness (QED) is 0.796. The first-order valence-corrected chi connectivity index (χ1v) is 7.75. The van der Waals surface area contributed by atoms with E-state index in [-0.39, 0.29) is 0 Å². The number of nitrogens with zero attached hydrogens (tertiary/aromatic N) is 1. The van der Waals surface area contributed by atoms with Gasteiger partial charge in [0.2, 0.25) is 0 Å². The average molecular weight is 306 g/mol. The van der Waals surface area contributed by atoms with Crippen LogP contribution in [0, 0.1) is 0 Å². The third-order valence-corrected chi connectivity index (χ3v) is 4.13. The van der Waals surface area contributed by atoms with Gasteiger partial charge in [0.25, 0.3) is 0 Å². The molecular weight excluding hydrogens is 288 g/mol. The monoisotopic (exact) mass is 306 g/mol. The zero-order valence-electron chi connectivity index (χ0n) is 13.0. The molecule has 0 spiro atoms. The van der Waals surface area contributed by atoms with Crippen molar-refractivity contribution in [3.8, 4) is 11.5 Å². The molecule has 116 valence electrons. The third kappa shape index (κ3) is 2.80. The number of rotatable bonds is 4. The van der Waals surface area contributed by atoms with Gasteiger partial charge in [0.1, 0.15) is 23.9 Å². The maximum atomic E-state index is 5.89. The highest BCUT2D eigenvalue weighted by Crippen LogP contribution is 2.25. The highest BCUT2D eigenvalue weighted by molar-refractivity contribution is 5.85. The van der Waals surface area contributed by atoms with Gasteiger partial charge in [-0.2, -0.15) is 0 Å². The molecule has 0 amide bonds. The van der Waals surface area contributed by atoms with Crippen LogP contribution in [-0.2, 0) is 13.0 Å². The number of methoxy groups -OCH3 is 1. The van der Waals surface area contributed by atoms with Crippen LogP contribution in [0.3, 0.4) is 0 Å². The number of hydrogen-bond acceptors (Lipinski definition) is 4. The van der Waals surface area contributed by atoms with Crippen LogP contribution in [0.5, 0.6) is 11.5 Å². The molecule has 1 aliphatic rings. The maximum absolute atomic E-state index is 5.89. The van der Waals surface area contributed by atoms with Crippen molar-refractivity contribution in [1.29, 1.82) is 0 Å². The molecular formula is C19H18N2O2. The summed E-state index contributed by atoms with van der Waals surface area (Å²) in [4.78, 5) is 4.60. The lowest BCUT2D eigenvalue weighted by molar-refractivity contribution is 0.302. The molecule has 0 atom stereocenters. The zero-order chi connectivity index (χ0) is 15.6. The molecule has 0 saturated heterocycles. The summed E-state index contributed by atoms with van der Waals surface area (Å²) in [5, 5.41) is 5.56. The van der Waals surface area contributed by atoms with Gasteiger partial charge in [-0.1, -0.05) is 18.2 Å². The predicted octanol–water partition coefficient (Wildman–Crippen LogP) is 3.79. The Bertz CT molecular complexity index is 861. The Hall–Kier alpha value is -2.75. The molecule has 23 heavy (non-hydrogen) atoms. The molecule has 0 aliphatic carbocycles. The van der Waals surface area contributed by atoms with Crippen molar-refractivity contribution in [3.05, 3.63) is 59.8 Å². The van der Waals surface area contributed by atoms with Gasteiger partial charge < -0.3 is 14.8 Å². The fourth-order valence-corrected chi connectivity index (χ4v) is 2.86. The van der Waals surface area contributed by atoms with Gasteiger partial charge in [0, 0.05) is 6.54 Å². The standard InChI is InChI=1S/C19H18N2O2/c1-22-17-6-3-15-11-18(7-4-14(15)10-17)23-12-16-5-2-13-8-9-20-19(13)21-16/h2-7,10-11H,8-9,12H2,1H3,(H,20,21). The molecule has 1 aliphatic heterocycles. The fraction of sp³-hybridized carbons (Fsp3) is 0.211. The minimum absolute atomic E-state index is 0.469. The van der Waals surface area contributed by atoms with Crippen LogP contribution in [0.2, 0.25) is 0 Å². The van der Waals surface area contributed by atoms with Crippen molar-refractivity contribution in [3.63, 3.8) is 0 Å². The number of fused-ring (bicyclic) bond motifs is 2. The molecule has 1 aromatic heterocycles. The largest absolute Gasteiger partial charge is 0.497 e. The second-order valence-electron chi connectivity index (χ2n) is 5.65. The SMILES string of the molecule is COc1ccc2cc(OCc3ccc4c(n3)NCC4)ccc2c1. The van der Waals surface area contributed by atoms with Crippen LogP contribution in [0.1, 0.15) is 11.3 Å². The second kappa shape index (κ2) is 5.80. The Kier molecular flexibility index (Phi) is 3.50. The molecule has 0 fully saturated rings. The third-order valence-electron chi connectivity index (χ3n) is 4.13. The van der Waals surface area contributed by atoms with Crippen molar-refractivity contribution < 1.29 is 9.47 Å². The summed E-state index contributed by atoms with van der Waals surface area (Å²) in [5.74, 6) is 2.70. The molecule has 2 aromatic carbocycles. The molecule has 0 unspecified atom stereocenters. The average Bonchev–Trinajstić information content (AvgIpc) is 3.07. The van der Waals surface area contributed by atoms with Crippen molar-refractivity contribution in [2.75, 3.05) is 19.0 Å². The minimum atomic E-state index is 0.469. The van der Waals surface area contributed by atoms with Crippen molar-refractivity contribution in [2.24, 2.45) is 0 Å². The summed E-state index contributed by atoms with van der Waals surface area (Å²) in [6.07, 6.45) is 1.05. The number of nitrogens with one attached hydrogen (secondary N) is 1. The Morgan fingerprint density at radius 2 is 1.78 bits per heavy atom. The smallest absolute Gasteiger partial charge is 0.130 e. The van der Waals surface area contributed by atoms with E-state index in [9.17, 15) is 0 Å². The van der Waals surface area contributed by atoms with Gasteiger partial charge in [0.05, 0.1) is 12.8 Å². The summed E-state index contributed by atoms with van der Waals surface area (Å²) < 4.78 is 11.1. The first-order valence-electron chi connectivity index (χ1n) is 7.75. The fourth-order valence-electron chi connectivity index (χ4n) is 2.86. The van der Waals surface area contributed by atoms with Crippen LogP contribution in [0.4, 0.5) is 5.82 Å². The molecule has 0 radical (unpaired) electrons. The number of benzene rings is 2. The number of ether oxygens (including phenoxy) is 2. The van der Waals surface area contributed by atoms with E-state index in [1.165, 1.54) is 5.56 Å². The van der Waals surface area contributed by atoms with Gasteiger partial charge in [-0.25, -0.2) is 4.98 Å². The summed E-state index contributed by atoms with van der Waals surface area (Å²) >= 11 is 0. The van der Waals surface area contributed by atoms with Crippen LogP contribution >= 0.6 is 0 Å². The van der Waals surface area contributed by atoms with Gasteiger partial charge in [0.15, 0.2) is 0 Å². The molecule has 2 heterocycles.